The highest BCUT2D eigenvalue weighted by molar-refractivity contribution is 5.98. The van der Waals surface area contributed by atoms with Gasteiger partial charge in [0.2, 0.25) is 0 Å². The van der Waals surface area contributed by atoms with Crippen LogP contribution in [0, 0.1) is 34.9 Å². The fourth-order valence-electron chi connectivity index (χ4n) is 9.01. The molecule has 1 heterocycles. The van der Waals surface area contributed by atoms with E-state index in [0.29, 0.717) is 24.7 Å². The van der Waals surface area contributed by atoms with Gasteiger partial charge in [0.25, 0.3) is 5.91 Å². The second kappa shape index (κ2) is 7.44. The quantitative estimate of drug-likeness (QED) is 0.610. The minimum atomic E-state index is -0.973. The number of aliphatic carboxylic acids is 1. The number of carbonyl (C=O) groups excluding carboxylic acids is 1. The molecule has 3 atom stereocenters. The lowest BCUT2D eigenvalue weighted by molar-refractivity contribution is -0.143. The van der Waals surface area contributed by atoms with Gasteiger partial charge in [-0.05, 0) is 112 Å². The van der Waals surface area contributed by atoms with Crippen LogP contribution in [0.5, 0.6) is 5.75 Å². The first kappa shape index (κ1) is 21.2. The highest BCUT2D eigenvalue weighted by atomic mass is 19.1. The summed E-state index contributed by atoms with van der Waals surface area (Å²) in [6, 6.07) is 2.19. The molecule has 34 heavy (non-hydrogen) atoms. The number of piperidine rings is 1. The fraction of sp³-hybridized carbons (Fsp3) is 0.714. The van der Waals surface area contributed by atoms with Crippen LogP contribution in [0.4, 0.5) is 4.39 Å². The lowest BCUT2D eigenvalue weighted by atomic mass is 9.50. The molecule has 0 spiro atoms. The first-order valence-corrected chi connectivity index (χ1v) is 13.4. The average Bonchev–Trinajstić information content (AvgIpc) is 3.42. The summed E-state index contributed by atoms with van der Waals surface area (Å²) in [5.74, 6) is 1.40. The van der Waals surface area contributed by atoms with E-state index in [0.717, 1.165) is 49.0 Å². The van der Waals surface area contributed by atoms with Crippen LogP contribution in [0.1, 0.15) is 92.5 Å². The molecule has 1 amide bonds. The molecule has 0 radical (unpaired) electrons. The Labute approximate surface area is 200 Å². The van der Waals surface area contributed by atoms with E-state index in [-0.39, 0.29) is 22.9 Å². The van der Waals surface area contributed by atoms with Gasteiger partial charge in [-0.3, -0.25) is 4.79 Å². The van der Waals surface area contributed by atoms with Crippen LogP contribution in [0.15, 0.2) is 12.1 Å². The summed E-state index contributed by atoms with van der Waals surface area (Å²) >= 11 is 0. The fourth-order valence-corrected chi connectivity index (χ4v) is 9.01. The standard InChI is InChI=1S/C28H34FNO4/c29-23-10-24(34-14-28-11-15-5-16(12-28)7-17(6-15)13-28)21(18-1-2-18)9-22(23)26(31)30-20-4-3-19(8-20)25(30)27(32)33/h9-10,15-20,25H,1-8,11-14H2,(H,32,33)/t15?,16?,17?,19-,20-,25-,28?/m0/s1. The van der Waals surface area contributed by atoms with Crippen molar-refractivity contribution in [3.63, 3.8) is 0 Å². The predicted octanol–water partition coefficient (Wildman–Crippen LogP) is 5.38. The van der Waals surface area contributed by atoms with Crippen LogP contribution in [0.2, 0.25) is 0 Å². The number of fused-ring (bicyclic) bond motifs is 2. The van der Waals surface area contributed by atoms with Gasteiger partial charge in [-0.1, -0.05) is 0 Å². The van der Waals surface area contributed by atoms with Crippen LogP contribution in [0.3, 0.4) is 0 Å². The molecule has 6 bridgehead atoms. The predicted molar refractivity (Wildman–Crippen MR) is 123 cm³/mol. The minimum Gasteiger partial charge on any atom is -0.493 e. The number of nitrogens with zero attached hydrogens (tertiary/aromatic N) is 1. The second-order valence-electron chi connectivity index (χ2n) is 12.6. The molecule has 6 aliphatic carbocycles. The number of benzene rings is 1. The van der Waals surface area contributed by atoms with Crippen molar-refractivity contribution in [1.29, 1.82) is 0 Å². The minimum absolute atomic E-state index is 0.0136. The van der Waals surface area contributed by atoms with Crippen LogP contribution >= 0.6 is 0 Å². The molecule has 5 nitrogen and oxygen atoms in total. The normalized spacial score (nSPS) is 39.6. The molecule has 8 rings (SSSR count). The molecule has 182 valence electrons. The molecule has 1 aromatic carbocycles. The second-order valence-corrected chi connectivity index (χ2v) is 12.6. The lowest BCUT2D eigenvalue weighted by Gasteiger charge is -2.56. The summed E-state index contributed by atoms with van der Waals surface area (Å²) in [6.07, 6.45) is 12.3. The van der Waals surface area contributed by atoms with Gasteiger partial charge in [0, 0.05) is 17.5 Å². The molecular formula is C28H34FNO4. The summed E-state index contributed by atoms with van der Waals surface area (Å²) in [5.41, 5.74) is 1.19. The molecule has 1 N–H and O–H groups in total. The highest BCUT2D eigenvalue weighted by Gasteiger charge is 2.53. The van der Waals surface area contributed by atoms with E-state index in [2.05, 4.69) is 0 Å². The Kier molecular flexibility index (Phi) is 4.64. The molecule has 6 heteroatoms. The molecule has 1 aliphatic heterocycles. The third-order valence-corrected chi connectivity index (χ3v) is 10.1. The number of rotatable bonds is 6. The molecule has 0 unspecified atom stereocenters. The van der Waals surface area contributed by atoms with Crippen LogP contribution < -0.4 is 4.74 Å². The molecule has 1 saturated heterocycles. The van der Waals surface area contributed by atoms with Gasteiger partial charge in [0.15, 0.2) is 0 Å². The maximum atomic E-state index is 15.4. The van der Waals surface area contributed by atoms with Crippen molar-refractivity contribution in [3.8, 4) is 5.75 Å². The largest absolute Gasteiger partial charge is 0.493 e. The zero-order valence-corrected chi connectivity index (χ0v) is 19.7. The van der Waals surface area contributed by atoms with E-state index in [1.165, 1.54) is 49.5 Å². The first-order chi connectivity index (χ1) is 16.4. The van der Waals surface area contributed by atoms with Gasteiger partial charge in [0.1, 0.15) is 17.6 Å². The zero-order chi connectivity index (χ0) is 23.2. The van der Waals surface area contributed by atoms with Crippen molar-refractivity contribution in [3.05, 3.63) is 29.1 Å². The number of likely N-dealkylation sites (tertiary alicyclic amines) is 1. The number of carbonyl (C=O) groups is 2. The summed E-state index contributed by atoms with van der Waals surface area (Å²) in [7, 11) is 0. The van der Waals surface area contributed by atoms with Gasteiger partial charge < -0.3 is 14.7 Å². The van der Waals surface area contributed by atoms with Crippen molar-refractivity contribution < 1.29 is 23.8 Å². The van der Waals surface area contributed by atoms with Crippen molar-refractivity contribution in [2.75, 3.05) is 6.61 Å². The molecule has 0 aromatic heterocycles. The third kappa shape index (κ3) is 3.30. The summed E-state index contributed by atoms with van der Waals surface area (Å²) in [4.78, 5) is 26.8. The van der Waals surface area contributed by atoms with E-state index in [4.69, 9.17) is 4.74 Å². The van der Waals surface area contributed by atoms with E-state index < -0.39 is 23.7 Å². The smallest absolute Gasteiger partial charge is 0.326 e. The number of carboxylic acid groups (broad SMARTS) is 1. The van der Waals surface area contributed by atoms with Gasteiger partial charge in [-0.2, -0.15) is 0 Å². The molecule has 7 aliphatic rings. The molecule has 1 aromatic rings. The van der Waals surface area contributed by atoms with Crippen molar-refractivity contribution in [2.45, 2.75) is 88.6 Å². The monoisotopic (exact) mass is 467 g/mol. The van der Waals surface area contributed by atoms with E-state index in [9.17, 15) is 14.7 Å². The highest BCUT2D eigenvalue weighted by Crippen LogP contribution is 2.60. The summed E-state index contributed by atoms with van der Waals surface area (Å²) < 4.78 is 21.8. The first-order valence-electron chi connectivity index (χ1n) is 13.4. The van der Waals surface area contributed by atoms with Gasteiger partial charge >= 0.3 is 5.97 Å². The number of halogens is 1. The summed E-state index contributed by atoms with van der Waals surface area (Å²) in [5, 5.41) is 9.75. The van der Waals surface area contributed by atoms with Crippen LogP contribution in [-0.2, 0) is 4.79 Å². The van der Waals surface area contributed by atoms with E-state index in [1.807, 2.05) is 0 Å². The van der Waals surface area contributed by atoms with E-state index in [1.54, 1.807) is 6.07 Å². The Hall–Kier alpha value is -2.11. The molecular weight excluding hydrogens is 433 g/mol. The maximum absolute atomic E-state index is 15.4. The number of carboxylic acids is 1. The number of hydrogen-bond acceptors (Lipinski definition) is 3. The Balaban J connectivity index is 1.15. The van der Waals surface area contributed by atoms with Gasteiger partial charge in [0.05, 0.1) is 12.2 Å². The SMILES string of the molecule is O=C(O)[C@@H]1[C@H]2CC[C@@H](C2)N1C(=O)c1cc(C2CC2)c(OCC23CC4CC(CC(C4)C2)C3)cc1F. The third-order valence-electron chi connectivity index (χ3n) is 10.1. The summed E-state index contributed by atoms with van der Waals surface area (Å²) in [6.45, 7) is 0.653. The van der Waals surface area contributed by atoms with Crippen molar-refractivity contribution in [2.24, 2.45) is 29.1 Å². The lowest BCUT2D eigenvalue weighted by Crippen LogP contribution is -2.49. The number of amides is 1. The molecule has 6 saturated carbocycles. The van der Waals surface area contributed by atoms with Crippen LogP contribution in [0.25, 0.3) is 0 Å². The zero-order valence-electron chi connectivity index (χ0n) is 19.7. The Morgan fingerprint density at radius 2 is 1.68 bits per heavy atom. The number of hydrogen-bond donors (Lipinski definition) is 1. The van der Waals surface area contributed by atoms with Crippen molar-refractivity contribution >= 4 is 11.9 Å². The van der Waals surface area contributed by atoms with Crippen LogP contribution in [-0.4, -0.2) is 40.6 Å². The Morgan fingerprint density at radius 3 is 2.29 bits per heavy atom. The molecule has 7 fully saturated rings. The van der Waals surface area contributed by atoms with E-state index >= 15 is 4.39 Å². The van der Waals surface area contributed by atoms with Gasteiger partial charge in [-0.25, -0.2) is 9.18 Å². The maximum Gasteiger partial charge on any atom is 0.326 e. The number of ether oxygens (including phenoxy) is 1. The Morgan fingerprint density at radius 1 is 1.00 bits per heavy atom. The Bertz CT molecular complexity index is 1010. The van der Waals surface area contributed by atoms with Gasteiger partial charge in [-0.15, -0.1) is 0 Å². The van der Waals surface area contributed by atoms with Crippen molar-refractivity contribution in [1.82, 2.24) is 4.90 Å². The topological polar surface area (TPSA) is 66.8 Å². The average molecular weight is 468 g/mol.